The number of Topliss-reactive ketones (excluding diaryl/α,β-unsaturated/α-hetero) is 1. The molecule has 20 heavy (non-hydrogen) atoms. The number of hydrogen-bond acceptors (Lipinski definition) is 2. The van der Waals surface area contributed by atoms with Crippen molar-refractivity contribution in [3.63, 3.8) is 0 Å². The molecule has 0 saturated heterocycles. The van der Waals surface area contributed by atoms with E-state index in [9.17, 15) is 9.59 Å². The predicted molar refractivity (Wildman–Crippen MR) is 80.6 cm³/mol. The molecule has 0 radical (unpaired) electrons. The van der Waals surface area contributed by atoms with Gasteiger partial charge in [0.25, 0.3) is 0 Å². The van der Waals surface area contributed by atoms with Crippen molar-refractivity contribution in [3.8, 4) is 0 Å². The van der Waals surface area contributed by atoms with Crippen LogP contribution in [0.25, 0.3) is 0 Å². The molecule has 1 aromatic rings. The van der Waals surface area contributed by atoms with Gasteiger partial charge in [-0.05, 0) is 75.3 Å². The zero-order valence-electron chi connectivity index (χ0n) is 13.1. The van der Waals surface area contributed by atoms with E-state index in [1.54, 1.807) is 0 Å². The fraction of sp³-hybridized carbons (Fsp3) is 0.529. The minimum atomic E-state index is -0.799. The van der Waals surface area contributed by atoms with Gasteiger partial charge in [-0.15, -0.1) is 0 Å². The third-order valence-corrected chi connectivity index (χ3v) is 4.32. The van der Waals surface area contributed by atoms with E-state index in [2.05, 4.69) is 20.8 Å². The molecule has 0 spiro atoms. The van der Waals surface area contributed by atoms with Crippen molar-refractivity contribution in [2.24, 2.45) is 0 Å². The monoisotopic (exact) mass is 276 g/mol. The first-order chi connectivity index (χ1) is 9.27. The van der Waals surface area contributed by atoms with Gasteiger partial charge in [0.15, 0.2) is 5.78 Å². The van der Waals surface area contributed by atoms with Gasteiger partial charge in [0.1, 0.15) is 0 Å². The standard InChI is InChI=1S/C17H24O3/c1-10-11(2)13(4)17(14(5)12(10)3)15(18)8-6-7-9-16(19)20/h6-9H2,1-5H3,(H,19,20). The van der Waals surface area contributed by atoms with Crippen molar-refractivity contribution in [2.45, 2.75) is 60.3 Å². The molecule has 0 unspecified atom stereocenters. The number of benzene rings is 1. The van der Waals surface area contributed by atoms with Gasteiger partial charge in [-0.3, -0.25) is 9.59 Å². The lowest BCUT2D eigenvalue weighted by atomic mass is 9.86. The number of ketones is 1. The molecule has 0 aliphatic heterocycles. The Labute approximate surface area is 121 Å². The second-order valence-corrected chi connectivity index (χ2v) is 5.52. The average molecular weight is 276 g/mol. The number of rotatable bonds is 6. The largest absolute Gasteiger partial charge is 0.481 e. The van der Waals surface area contributed by atoms with Crippen LogP contribution < -0.4 is 0 Å². The number of aliphatic carboxylic acids is 1. The van der Waals surface area contributed by atoms with Gasteiger partial charge in [-0.1, -0.05) is 0 Å². The van der Waals surface area contributed by atoms with Crippen molar-refractivity contribution in [2.75, 3.05) is 0 Å². The lowest BCUT2D eigenvalue weighted by Crippen LogP contribution is -2.09. The maximum Gasteiger partial charge on any atom is 0.303 e. The highest BCUT2D eigenvalue weighted by Gasteiger charge is 2.17. The molecule has 0 heterocycles. The molecule has 0 bridgehead atoms. The molecule has 3 nitrogen and oxygen atoms in total. The Morgan fingerprint density at radius 2 is 1.15 bits per heavy atom. The van der Waals surface area contributed by atoms with E-state index in [4.69, 9.17) is 5.11 Å². The van der Waals surface area contributed by atoms with Gasteiger partial charge < -0.3 is 5.11 Å². The van der Waals surface area contributed by atoms with Crippen LogP contribution in [-0.2, 0) is 4.79 Å². The van der Waals surface area contributed by atoms with Crippen LogP contribution in [0.2, 0.25) is 0 Å². The molecule has 0 aliphatic rings. The van der Waals surface area contributed by atoms with Crippen molar-refractivity contribution in [1.82, 2.24) is 0 Å². The second kappa shape index (κ2) is 6.69. The molecule has 0 atom stereocenters. The molecule has 0 fully saturated rings. The third-order valence-electron chi connectivity index (χ3n) is 4.32. The van der Waals surface area contributed by atoms with Crippen LogP contribution in [0, 0.1) is 34.6 Å². The number of carboxylic acids is 1. The number of carbonyl (C=O) groups is 2. The summed E-state index contributed by atoms with van der Waals surface area (Å²) in [5, 5.41) is 8.60. The van der Waals surface area contributed by atoms with E-state index in [0.29, 0.717) is 19.3 Å². The van der Waals surface area contributed by atoms with Crippen LogP contribution >= 0.6 is 0 Å². The average Bonchev–Trinajstić information content (AvgIpc) is 2.39. The van der Waals surface area contributed by atoms with Gasteiger partial charge in [-0.2, -0.15) is 0 Å². The summed E-state index contributed by atoms with van der Waals surface area (Å²) in [5.41, 5.74) is 6.58. The molecule has 0 amide bonds. The zero-order chi connectivity index (χ0) is 15.4. The summed E-state index contributed by atoms with van der Waals surface area (Å²) in [7, 11) is 0. The van der Waals surface area contributed by atoms with E-state index in [-0.39, 0.29) is 12.2 Å². The van der Waals surface area contributed by atoms with E-state index < -0.39 is 5.97 Å². The van der Waals surface area contributed by atoms with Crippen LogP contribution in [0.1, 0.15) is 63.9 Å². The van der Waals surface area contributed by atoms with Gasteiger partial charge in [0, 0.05) is 18.4 Å². The summed E-state index contributed by atoms with van der Waals surface area (Å²) in [5.74, 6) is -0.663. The van der Waals surface area contributed by atoms with Crippen molar-refractivity contribution in [1.29, 1.82) is 0 Å². The molecule has 1 rings (SSSR count). The number of carbonyl (C=O) groups excluding carboxylic acids is 1. The summed E-state index contributed by atoms with van der Waals surface area (Å²) >= 11 is 0. The predicted octanol–water partition coefficient (Wildman–Crippen LogP) is 4.06. The summed E-state index contributed by atoms with van der Waals surface area (Å²) in [6, 6.07) is 0. The Balaban J connectivity index is 2.91. The molecular formula is C17H24O3. The first-order valence-corrected chi connectivity index (χ1v) is 7.09. The smallest absolute Gasteiger partial charge is 0.303 e. The first kappa shape index (κ1) is 16.4. The zero-order valence-corrected chi connectivity index (χ0v) is 13.1. The fourth-order valence-corrected chi connectivity index (χ4v) is 2.61. The Kier molecular flexibility index (Phi) is 5.49. The Morgan fingerprint density at radius 3 is 1.60 bits per heavy atom. The van der Waals surface area contributed by atoms with Crippen LogP contribution in [-0.4, -0.2) is 16.9 Å². The summed E-state index contributed by atoms with van der Waals surface area (Å²) in [4.78, 5) is 22.9. The number of hydrogen-bond donors (Lipinski definition) is 1. The van der Waals surface area contributed by atoms with E-state index >= 15 is 0 Å². The molecule has 110 valence electrons. The quantitative estimate of drug-likeness (QED) is 0.629. The maximum atomic E-state index is 12.4. The maximum absolute atomic E-state index is 12.4. The lowest BCUT2D eigenvalue weighted by Gasteiger charge is -2.17. The normalized spacial score (nSPS) is 10.7. The molecule has 0 aliphatic carbocycles. The molecule has 1 aromatic carbocycles. The third kappa shape index (κ3) is 3.47. The molecule has 3 heteroatoms. The number of unbranched alkanes of at least 4 members (excludes halogenated alkanes) is 1. The van der Waals surface area contributed by atoms with Gasteiger partial charge in [-0.25, -0.2) is 0 Å². The fourth-order valence-electron chi connectivity index (χ4n) is 2.61. The van der Waals surface area contributed by atoms with Crippen LogP contribution in [0.3, 0.4) is 0 Å². The topological polar surface area (TPSA) is 54.4 Å². The molecule has 0 saturated carbocycles. The number of carboxylic acid groups (broad SMARTS) is 1. The van der Waals surface area contributed by atoms with Gasteiger partial charge >= 0.3 is 5.97 Å². The second-order valence-electron chi connectivity index (χ2n) is 5.52. The summed E-state index contributed by atoms with van der Waals surface area (Å²) < 4.78 is 0. The Morgan fingerprint density at radius 1 is 0.750 bits per heavy atom. The van der Waals surface area contributed by atoms with Crippen molar-refractivity contribution in [3.05, 3.63) is 33.4 Å². The SMILES string of the molecule is Cc1c(C)c(C)c(C(=O)CCCCC(=O)O)c(C)c1C. The lowest BCUT2D eigenvalue weighted by molar-refractivity contribution is -0.137. The minimum Gasteiger partial charge on any atom is -0.481 e. The molecule has 1 N–H and O–H groups in total. The Bertz CT molecular complexity index is 513. The van der Waals surface area contributed by atoms with Crippen LogP contribution in [0.5, 0.6) is 0 Å². The minimum absolute atomic E-state index is 0.136. The molecule has 0 aromatic heterocycles. The Hall–Kier alpha value is -1.64. The van der Waals surface area contributed by atoms with Crippen LogP contribution in [0.4, 0.5) is 0 Å². The van der Waals surface area contributed by atoms with Crippen molar-refractivity contribution < 1.29 is 14.7 Å². The van der Waals surface area contributed by atoms with Crippen LogP contribution in [0.15, 0.2) is 0 Å². The van der Waals surface area contributed by atoms with Gasteiger partial charge in [0.05, 0.1) is 0 Å². The summed E-state index contributed by atoms with van der Waals surface area (Å²) in [6.45, 7) is 10.2. The summed E-state index contributed by atoms with van der Waals surface area (Å²) in [6.07, 6.45) is 1.76. The van der Waals surface area contributed by atoms with Gasteiger partial charge in [0.2, 0.25) is 0 Å². The first-order valence-electron chi connectivity index (χ1n) is 7.09. The van der Waals surface area contributed by atoms with E-state index in [1.165, 1.54) is 16.7 Å². The molecular weight excluding hydrogens is 252 g/mol. The van der Waals surface area contributed by atoms with Crippen molar-refractivity contribution >= 4 is 11.8 Å². The van der Waals surface area contributed by atoms with E-state index in [1.807, 2.05) is 13.8 Å². The van der Waals surface area contributed by atoms with E-state index in [0.717, 1.165) is 16.7 Å². The highest BCUT2D eigenvalue weighted by Crippen LogP contribution is 2.27. The highest BCUT2D eigenvalue weighted by molar-refractivity contribution is 5.99. The highest BCUT2D eigenvalue weighted by atomic mass is 16.4.